The van der Waals surface area contributed by atoms with E-state index in [0.717, 1.165) is 12.1 Å². The molecule has 2 aromatic heterocycles. The number of rotatable bonds is 5. The van der Waals surface area contributed by atoms with Crippen LogP contribution in [0.1, 0.15) is 23.9 Å². The van der Waals surface area contributed by atoms with Crippen molar-refractivity contribution in [3.8, 4) is 11.6 Å². The van der Waals surface area contributed by atoms with Gasteiger partial charge in [-0.25, -0.2) is 9.37 Å². The van der Waals surface area contributed by atoms with Crippen molar-refractivity contribution in [1.82, 2.24) is 24.6 Å². The van der Waals surface area contributed by atoms with Gasteiger partial charge in [-0.1, -0.05) is 12.1 Å². The highest BCUT2D eigenvalue weighted by molar-refractivity contribution is 5.76. The second-order valence-electron chi connectivity index (χ2n) is 6.77. The van der Waals surface area contributed by atoms with Crippen molar-refractivity contribution in [2.24, 2.45) is 0 Å². The van der Waals surface area contributed by atoms with Gasteiger partial charge in [-0.15, -0.1) is 0 Å². The van der Waals surface area contributed by atoms with Crippen molar-refractivity contribution in [2.75, 3.05) is 13.1 Å². The normalized spacial score (nSPS) is 16.4. The minimum Gasteiger partial charge on any atom is -0.436 e. The van der Waals surface area contributed by atoms with E-state index in [1.54, 1.807) is 52.3 Å². The van der Waals surface area contributed by atoms with Gasteiger partial charge in [0.15, 0.2) is 11.6 Å². The molecular formula is C20H20FN5O2. The topological polar surface area (TPSA) is 73.1 Å². The largest absolute Gasteiger partial charge is 0.436 e. The third-order valence-corrected chi connectivity index (χ3v) is 4.66. The molecule has 1 amide bonds. The fourth-order valence-electron chi connectivity index (χ4n) is 3.27. The molecule has 1 fully saturated rings. The van der Waals surface area contributed by atoms with E-state index in [4.69, 9.17) is 4.74 Å². The quantitative estimate of drug-likeness (QED) is 0.679. The Kier molecular flexibility index (Phi) is 5.01. The molecule has 7 nitrogen and oxygen atoms in total. The zero-order chi connectivity index (χ0) is 19.5. The molecule has 0 spiro atoms. The van der Waals surface area contributed by atoms with Gasteiger partial charge < -0.3 is 9.64 Å². The van der Waals surface area contributed by atoms with Crippen molar-refractivity contribution < 1.29 is 13.9 Å². The molecule has 0 saturated carbocycles. The summed E-state index contributed by atoms with van der Waals surface area (Å²) in [5.74, 6) is 0.617. The van der Waals surface area contributed by atoms with Gasteiger partial charge >= 0.3 is 0 Å². The maximum atomic E-state index is 13.9. The fraction of sp³-hybridized carbons (Fsp3) is 0.300. The summed E-state index contributed by atoms with van der Waals surface area (Å²) in [6.07, 6.45) is 4.19. The molecule has 1 atom stereocenters. The standard InChI is InChI=1S/C20H20FN5O2/c1-14-11-18(28-17-6-3-2-5-16(17)21)24-20(23-14)15-7-10-25(12-15)19(27)13-26-9-4-8-22-26/h2-6,8-9,11,15H,7,10,12-13H2,1H3/t15-/m1/s1. The first-order valence-corrected chi connectivity index (χ1v) is 9.11. The lowest BCUT2D eigenvalue weighted by Crippen LogP contribution is -2.32. The number of benzene rings is 1. The molecule has 144 valence electrons. The number of amides is 1. The lowest BCUT2D eigenvalue weighted by Gasteiger charge is -2.16. The molecule has 0 aliphatic carbocycles. The number of aromatic nitrogens is 4. The Bertz CT molecular complexity index is 976. The van der Waals surface area contributed by atoms with Gasteiger partial charge in [0.2, 0.25) is 11.8 Å². The van der Waals surface area contributed by atoms with Crippen LogP contribution in [-0.4, -0.2) is 43.6 Å². The monoisotopic (exact) mass is 381 g/mol. The third kappa shape index (κ3) is 4.00. The Morgan fingerprint density at radius 1 is 1.29 bits per heavy atom. The number of nitrogens with zero attached hydrogens (tertiary/aromatic N) is 5. The first-order valence-electron chi connectivity index (χ1n) is 9.11. The van der Waals surface area contributed by atoms with E-state index in [2.05, 4.69) is 15.1 Å². The van der Waals surface area contributed by atoms with E-state index in [-0.39, 0.29) is 24.1 Å². The molecule has 1 aliphatic heterocycles. The lowest BCUT2D eigenvalue weighted by molar-refractivity contribution is -0.131. The molecule has 1 aliphatic rings. The summed E-state index contributed by atoms with van der Waals surface area (Å²) in [6.45, 7) is 3.25. The van der Waals surface area contributed by atoms with Gasteiger partial charge in [0.1, 0.15) is 12.4 Å². The predicted molar refractivity (Wildman–Crippen MR) is 99.4 cm³/mol. The van der Waals surface area contributed by atoms with Crippen LogP contribution in [-0.2, 0) is 11.3 Å². The summed E-state index contributed by atoms with van der Waals surface area (Å²) in [7, 11) is 0. The van der Waals surface area contributed by atoms with E-state index in [1.807, 2.05) is 6.92 Å². The predicted octanol–water partition coefficient (Wildman–Crippen LogP) is 2.93. The van der Waals surface area contributed by atoms with Crippen LogP contribution in [0.2, 0.25) is 0 Å². The summed E-state index contributed by atoms with van der Waals surface area (Å²) in [5.41, 5.74) is 0.734. The first kappa shape index (κ1) is 18.1. The summed E-state index contributed by atoms with van der Waals surface area (Å²) in [4.78, 5) is 23.2. The van der Waals surface area contributed by atoms with Gasteiger partial charge in [0.25, 0.3) is 0 Å². The minimum atomic E-state index is -0.448. The van der Waals surface area contributed by atoms with Gasteiger partial charge in [0.05, 0.1) is 0 Å². The summed E-state index contributed by atoms with van der Waals surface area (Å²) in [6, 6.07) is 9.66. The van der Waals surface area contributed by atoms with Crippen molar-refractivity contribution in [3.05, 3.63) is 66.1 Å². The molecule has 1 saturated heterocycles. The Hall–Kier alpha value is -3.29. The van der Waals surface area contributed by atoms with Gasteiger partial charge in [0, 0.05) is 43.2 Å². The molecule has 4 rings (SSSR count). The van der Waals surface area contributed by atoms with Crippen LogP contribution in [0.4, 0.5) is 4.39 Å². The molecule has 8 heteroatoms. The first-order chi connectivity index (χ1) is 13.6. The number of para-hydroxylation sites is 1. The molecule has 0 unspecified atom stereocenters. The summed E-state index contributed by atoms with van der Waals surface area (Å²) < 4.78 is 21.1. The number of ether oxygens (including phenoxy) is 1. The number of carbonyl (C=O) groups is 1. The van der Waals surface area contributed by atoms with Gasteiger partial charge in [-0.05, 0) is 31.5 Å². The average Bonchev–Trinajstić information content (AvgIpc) is 3.35. The minimum absolute atomic E-state index is 0.0154. The highest BCUT2D eigenvalue weighted by Crippen LogP contribution is 2.28. The molecular weight excluding hydrogens is 361 g/mol. The molecule has 0 bridgehead atoms. The van der Waals surface area contributed by atoms with E-state index in [9.17, 15) is 9.18 Å². The van der Waals surface area contributed by atoms with Crippen molar-refractivity contribution in [2.45, 2.75) is 25.8 Å². The van der Waals surface area contributed by atoms with Crippen LogP contribution in [0, 0.1) is 12.7 Å². The molecule has 3 aromatic rings. The number of carbonyl (C=O) groups excluding carboxylic acids is 1. The average molecular weight is 381 g/mol. The molecule has 0 N–H and O–H groups in total. The smallest absolute Gasteiger partial charge is 0.244 e. The number of hydrogen-bond donors (Lipinski definition) is 0. The van der Waals surface area contributed by atoms with Crippen LogP contribution >= 0.6 is 0 Å². The van der Waals surface area contributed by atoms with Crippen molar-refractivity contribution in [3.63, 3.8) is 0 Å². The maximum Gasteiger partial charge on any atom is 0.244 e. The van der Waals surface area contributed by atoms with E-state index < -0.39 is 5.82 Å². The number of aryl methyl sites for hydroxylation is 1. The van der Waals surface area contributed by atoms with Crippen molar-refractivity contribution in [1.29, 1.82) is 0 Å². The van der Waals surface area contributed by atoms with Crippen LogP contribution in [0.25, 0.3) is 0 Å². The van der Waals surface area contributed by atoms with Gasteiger partial charge in [-0.3, -0.25) is 9.48 Å². The highest BCUT2D eigenvalue weighted by Gasteiger charge is 2.29. The lowest BCUT2D eigenvalue weighted by atomic mass is 10.1. The Balaban J connectivity index is 1.46. The van der Waals surface area contributed by atoms with E-state index in [1.165, 1.54) is 6.07 Å². The number of likely N-dealkylation sites (tertiary alicyclic amines) is 1. The Morgan fingerprint density at radius 3 is 2.93 bits per heavy atom. The molecule has 3 heterocycles. The number of hydrogen-bond acceptors (Lipinski definition) is 5. The fourth-order valence-corrected chi connectivity index (χ4v) is 3.27. The molecule has 0 radical (unpaired) electrons. The zero-order valence-electron chi connectivity index (χ0n) is 15.5. The van der Waals surface area contributed by atoms with Crippen LogP contribution in [0.5, 0.6) is 11.6 Å². The second kappa shape index (κ2) is 7.75. The Labute approximate surface area is 161 Å². The highest BCUT2D eigenvalue weighted by atomic mass is 19.1. The van der Waals surface area contributed by atoms with E-state index >= 15 is 0 Å². The summed E-state index contributed by atoms with van der Waals surface area (Å²) in [5, 5.41) is 4.07. The molecule has 28 heavy (non-hydrogen) atoms. The molecule has 1 aromatic carbocycles. The summed E-state index contributed by atoms with van der Waals surface area (Å²) >= 11 is 0. The maximum absolute atomic E-state index is 13.9. The zero-order valence-corrected chi connectivity index (χ0v) is 15.5. The van der Waals surface area contributed by atoms with Gasteiger partial charge in [-0.2, -0.15) is 10.1 Å². The Morgan fingerprint density at radius 2 is 2.14 bits per heavy atom. The van der Waals surface area contributed by atoms with Crippen LogP contribution in [0.3, 0.4) is 0 Å². The van der Waals surface area contributed by atoms with Crippen LogP contribution < -0.4 is 4.74 Å². The van der Waals surface area contributed by atoms with Crippen molar-refractivity contribution >= 4 is 5.91 Å². The van der Waals surface area contributed by atoms with E-state index in [0.29, 0.717) is 24.8 Å². The second-order valence-corrected chi connectivity index (χ2v) is 6.77. The third-order valence-electron chi connectivity index (χ3n) is 4.66. The number of halogens is 1. The van der Waals surface area contributed by atoms with Crippen LogP contribution in [0.15, 0.2) is 48.8 Å². The SMILES string of the molecule is Cc1cc(Oc2ccccc2F)nc([C@@H]2CCN(C(=O)Cn3cccn3)C2)n1.